The van der Waals surface area contributed by atoms with Crippen molar-refractivity contribution in [1.82, 2.24) is 4.98 Å². The molecule has 126 valence electrons. The van der Waals surface area contributed by atoms with Crippen molar-refractivity contribution in [3.63, 3.8) is 0 Å². The molecule has 1 aliphatic rings. The van der Waals surface area contributed by atoms with Crippen molar-refractivity contribution in [1.29, 1.82) is 0 Å². The highest BCUT2D eigenvalue weighted by Gasteiger charge is 2.23. The molecule has 1 fully saturated rings. The number of benzene rings is 1. The van der Waals surface area contributed by atoms with Crippen LogP contribution >= 0.6 is 0 Å². The number of pyridine rings is 1. The minimum absolute atomic E-state index is 0.267. The number of anilines is 1. The van der Waals surface area contributed by atoms with Gasteiger partial charge in [0.05, 0.1) is 11.9 Å². The Hall–Kier alpha value is -2.36. The highest BCUT2D eigenvalue weighted by atomic mass is 16.5. The van der Waals surface area contributed by atoms with Gasteiger partial charge in [0.15, 0.2) is 0 Å². The summed E-state index contributed by atoms with van der Waals surface area (Å²) in [6, 6.07) is 11.7. The zero-order valence-electron chi connectivity index (χ0n) is 14.1. The van der Waals surface area contributed by atoms with E-state index >= 15 is 0 Å². The van der Waals surface area contributed by atoms with E-state index in [9.17, 15) is 4.79 Å². The maximum absolute atomic E-state index is 12.1. The normalized spacial score (nSPS) is 20.4. The molecular formula is C20H24N2O2. The fourth-order valence-corrected chi connectivity index (χ4v) is 3.45. The maximum Gasteiger partial charge on any atom is 0.412 e. The smallest absolute Gasteiger partial charge is 0.412 e. The predicted octanol–water partition coefficient (Wildman–Crippen LogP) is 5.12. The highest BCUT2D eigenvalue weighted by molar-refractivity contribution is 5.85. The van der Waals surface area contributed by atoms with Crippen molar-refractivity contribution >= 4 is 11.8 Å². The zero-order valence-corrected chi connectivity index (χ0v) is 14.1. The molecule has 0 unspecified atom stereocenters. The van der Waals surface area contributed by atoms with Crippen LogP contribution in [0.15, 0.2) is 48.8 Å². The molecule has 1 aliphatic carbocycles. The van der Waals surface area contributed by atoms with Gasteiger partial charge < -0.3 is 4.74 Å². The molecule has 2 aromatic rings. The van der Waals surface area contributed by atoms with Gasteiger partial charge in [-0.2, -0.15) is 0 Å². The summed E-state index contributed by atoms with van der Waals surface area (Å²) in [5.74, 6) is 1.22. The largest absolute Gasteiger partial charge is 0.444 e. The number of hydrogen-bond donors (Lipinski definition) is 1. The summed E-state index contributed by atoms with van der Waals surface area (Å²) in [5.41, 5.74) is 2.92. The van der Waals surface area contributed by atoms with Crippen LogP contribution in [0.25, 0.3) is 0 Å². The molecule has 0 saturated heterocycles. The second-order valence-electron chi connectivity index (χ2n) is 6.62. The molecule has 4 nitrogen and oxygen atoms in total. The summed E-state index contributed by atoms with van der Waals surface area (Å²) in [7, 11) is 0. The minimum atomic E-state index is -0.433. The van der Waals surface area contributed by atoms with Crippen LogP contribution in [0.2, 0.25) is 0 Å². The molecule has 3 rings (SSSR count). The van der Waals surface area contributed by atoms with Gasteiger partial charge in [-0.15, -0.1) is 0 Å². The first kappa shape index (κ1) is 16.5. The van der Waals surface area contributed by atoms with Gasteiger partial charge in [-0.05, 0) is 41.9 Å². The van der Waals surface area contributed by atoms with Crippen LogP contribution in [0.4, 0.5) is 10.5 Å². The SMILES string of the molecule is C[C@@H]1CCC[C@H](c2ccncc2NC(=O)OCc2ccccc2)C1. The minimum Gasteiger partial charge on any atom is -0.444 e. The number of amides is 1. The second-order valence-corrected chi connectivity index (χ2v) is 6.62. The lowest BCUT2D eigenvalue weighted by Crippen LogP contribution is -2.18. The van der Waals surface area contributed by atoms with Crippen molar-refractivity contribution in [3.05, 3.63) is 59.9 Å². The summed E-state index contributed by atoms with van der Waals surface area (Å²) < 4.78 is 5.32. The number of carbonyl (C=O) groups excluding carboxylic acids is 1. The standard InChI is InChI=1S/C20H24N2O2/c1-15-6-5-9-17(12-15)18-10-11-21-13-19(18)22-20(23)24-14-16-7-3-2-4-8-16/h2-4,7-8,10-11,13,15,17H,5-6,9,12,14H2,1H3,(H,22,23)/t15-,17+/m1/s1. The van der Waals surface area contributed by atoms with Gasteiger partial charge in [0.25, 0.3) is 0 Å². The van der Waals surface area contributed by atoms with Crippen LogP contribution in [-0.4, -0.2) is 11.1 Å². The lowest BCUT2D eigenvalue weighted by atomic mass is 9.78. The molecule has 1 heterocycles. The van der Waals surface area contributed by atoms with Gasteiger partial charge >= 0.3 is 6.09 Å². The van der Waals surface area contributed by atoms with E-state index in [1.807, 2.05) is 36.4 Å². The molecule has 0 aliphatic heterocycles. The van der Waals surface area contributed by atoms with Gasteiger partial charge in [-0.1, -0.05) is 50.1 Å². The van der Waals surface area contributed by atoms with E-state index < -0.39 is 6.09 Å². The summed E-state index contributed by atoms with van der Waals surface area (Å²) in [5, 5.41) is 2.87. The van der Waals surface area contributed by atoms with E-state index in [0.717, 1.165) is 23.6 Å². The van der Waals surface area contributed by atoms with E-state index in [1.54, 1.807) is 12.4 Å². The molecular weight excluding hydrogens is 300 g/mol. The molecule has 1 aromatic carbocycles. The van der Waals surface area contributed by atoms with Crippen molar-refractivity contribution in [2.45, 2.75) is 45.1 Å². The van der Waals surface area contributed by atoms with Crippen LogP contribution < -0.4 is 5.32 Å². The van der Waals surface area contributed by atoms with E-state index in [0.29, 0.717) is 5.92 Å². The summed E-state index contributed by atoms with van der Waals surface area (Å²) in [4.78, 5) is 16.3. The van der Waals surface area contributed by atoms with Crippen LogP contribution in [0.3, 0.4) is 0 Å². The molecule has 1 N–H and O–H groups in total. The van der Waals surface area contributed by atoms with Gasteiger partial charge in [0.2, 0.25) is 0 Å². The van der Waals surface area contributed by atoms with Crippen LogP contribution in [0.1, 0.15) is 49.7 Å². The Kier molecular flexibility index (Phi) is 5.47. The molecule has 1 amide bonds. The summed E-state index contributed by atoms with van der Waals surface area (Å²) in [6.07, 6.45) is 7.96. The molecule has 1 aromatic heterocycles. The molecule has 2 atom stereocenters. The van der Waals surface area contributed by atoms with Gasteiger partial charge in [0.1, 0.15) is 6.61 Å². The Morgan fingerprint density at radius 1 is 1.25 bits per heavy atom. The number of nitrogens with one attached hydrogen (secondary N) is 1. The zero-order chi connectivity index (χ0) is 16.8. The highest BCUT2D eigenvalue weighted by Crippen LogP contribution is 2.38. The Labute approximate surface area is 143 Å². The fraction of sp³-hybridized carbons (Fsp3) is 0.400. The number of nitrogens with zero attached hydrogens (tertiary/aromatic N) is 1. The van der Waals surface area contributed by atoms with E-state index in [2.05, 4.69) is 17.2 Å². The van der Waals surface area contributed by atoms with Crippen LogP contribution in [-0.2, 0) is 11.3 Å². The van der Waals surface area contributed by atoms with Crippen molar-refractivity contribution in [2.24, 2.45) is 5.92 Å². The van der Waals surface area contributed by atoms with Crippen LogP contribution in [0, 0.1) is 5.92 Å². The third-order valence-corrected chi connectivity index (χ3v) is 4.68. The quantitative estimate of drug-likeness (QED) is 0.849. The summed E-state index contributed by atoms with van der Waals surface area (Å²) >= 11 is 0. The third kappa shape index (κ3) is 4.34. The average Bonchev–Trinajstić information content (AvgIpc) is 2.61. The number of hydrogen-bond acceptors (Lipinski definition) is 3. The lowest BCUT2D eigenvalue weighted by molar-refractivity contribution is 0.155. The maximum atomic E-state index is 12.1. The summed E-state index contributed by atoms with van der Waals surface area (Å²) in [6.45, 7) is 2.57. The molecule has 4 heteroatoms. The molecule has 1 saturated carbocycles. The molecule has 0 bridgehead atoms. The topological polar surface area (TPSA) is 51.2 Å². The lowest BCUT2D eigenvalue weighted by Gasteiger charge is -2.28. The number of rotatable bonds is 4. The molecule has 0 radical (unpaired) electrons. The van der Waals surface area contributed by atoms with E-state index in [-0.39, 0.29) is 6.61 Å². The fourth-order valence-electron chi connectivity index (χ4n) is 3.45. The Bertz CT molecular complexity index is 672. The van der Waals surface area contributed by atoms with Gasteiger partial charge in [0, 0.05) is 6.20 Å². The van der Waals surface area contributed by atoms with E-state index in [1.165, 1.54) is 24.8 Å². The first-order valence-electron chi connectivity index (χ1n) is 8.64. The van der Waals surface area contributed by atoms with Crippen molar-refractivity contribution in [2.75, 3.05) is 5.32 Å². The second kappa shape index (κ2) is 7.95. The molecule has 0 spiro atoms. The first-order valence-corrected chi connectivity index (χ1v) is 8.64. The number of ether oxygens (including phenoxy) is 1. The first-order chi connectivity index (χ1) is 11.7. The van der Waals surface area contributed by atoms with Crippen molar-refractivity contribution < 1.29 is 9.53 Å². The van der Waals surface area contributed by atoms with Crippen molar-refractivity contribution in [3.8, 4) is 0 Å². The predicted molar refractivity (Wildman–Crippen MR) is 94.9 cm³/mol. The molecule has 24 heavy (non-hydrogen) atoms. The average molecular weight is 324 g/mol. The number of carbonyl (C=O) groups is 1. The monoisotopic (exact) mass is 324 g/mol. The Morgan fingerprint density at radius 2 is 2.08 bits per heavy atom. The van der Waals surface area contributed by atoms with E-state index in [4.69, 9.17) is 4.74 Å². The van der Waals surface area contributed by atoms with Crippen LogP contribution in [0.5, 0.6) is 0 Å². The van der Waals surface area contributed by atoms with Gasteiger partial charge in [-0.3, -0.25) is 10.3 Å². The van der Waals surface area contributed by atoms with Gasteiger partial charge in [-0.25, -0.2) is 4.79 Å². The Balaban J connectivity index is 1.63. The number of aromatic nitrogens is 1. The Morgan fingerprint density at radius 3 is 2.88 bits per heavy atom. The third-order valence-electron chi connectivity index (χ3n) is 4.68.